The Morgan fingerprint density at radius 1 is 0.269 bits per heavy atom. The Balaban J connectivity index is 0.000000146. The molecule has 15 rings (SSSR count). The lowest BCUT2D eigenvalue weighted by molar-refractivity contribution is 0.619. The number of rotatable bonds is 8. The highest BCUT2D eigenvalue weighted by atomic mass is 79.9. The van der Waals surface area contributed by atoms with Crippen LogP contribution < -0.4 is 10.6 Å². The van der Waals surface area contributed by atoms with Crippen LogP contribution in [0, 0.1) is 0 Å². The summed E-state index contributed by atoms with van der Waals surface area (Å²) in [5.74, 6) is 3.05. The highest BCUT2D eigenvalue weighted by Gasteiger charge is 2.18. The average molecular weight is 1080 g/mol. The van der Waals surface area contributed by atoms with E-state index in [0.29, 0.717) is 29.5 Å². The van der Waals surface area contributed by atoms with Crippen LogP contribution in [-0.2, 0) is 0 Å². The molecule has 0 aliphatic carbocycles. The Labute approximate surface area is 453 Å². The number of hydrogen-bond donors (Lipinski definition) is 1. The fraction of sp³-hybridized carbons (Fsp3) is 0. The SMILES string of the molecule is Brc1ccc(-c2nc3ccccc3o2)cc1.Nc1ccc(-c2nc3ccccc3o2)cc1.c1ccc2oc(-c3ccc(N(c4ccc(-c5nc6ccccc6o5)cc4)c4ccc(-c5nc6ccccc6o5)cc4)cc3)nc2c1. The standard InChI is InChI=1S/C39H24N4O3.C13H8BrNO.C13H10N2O/c1-4-10-34-31(7-1)40-37(44-34)25-13-19-28(20-14-25)43(29-21-15-26(16-22-29)38-41-32-8-2-5-11-35(32)45-38)30-23-17-27(18-24-30)39-42-33-9-3-6-12-36(33)46-39;2*14-10-7-5-9(6-8-10)13-15-11-3-1-2-4-12(11)16-13/h1-24H;1-8H;1-8H,14H2. The summed E-state index contributed by atoms with van der Waals surface area (Å²) < 4.78 is 30.4. The fourth-order valence-electron chi connectivity index (χ4n) is 8.90. The van der Waals surface area contributed by atoms with Crippen LogP contribution in [0.2, 0.25) is 0 Å². The molecular formula is C65H42BrN7O5. The first-order valence-electron chi connectivity index (χ1n) is 24.9. The molecular weight excluding hydrogens is 1040 g/mol. The van der Waals surface area contributed by atoms with E-state index in [-0.39, 0.29) is 0 Å². The van der Waals surface area contributed by atoms with E-state index >= 15 is 0 Å². The molecule has 10 aromatic carbocycles. The molecule has 0 saturated carbocycles. The predicted molar refractivity (Wildman–Crippen MR) is 311 cm³/mol. The molecule has 0 aliphatic rings. The number of benzene rings is 10. The Kier molecular flexibility index (Phi) is 12.6. The van der Waals surface area contributed by atoms with Gasteiger partial charge in [0.25, 0.3) is 0 Å². The summed E-state index contributed by atoms with van der Waals surface area (Å²) in [7, 11) is 0. The highest BCUT2D eigenvalue weighted by molar-refractivity contribution is 9.10. The molecule has 78 heavy (non-hydrogen) atoms. The van der Waals surface area contributed by atoms with Crippen LogP contribution in [0.15, 0.2) is 269 Å². The number of aromatic nitrogens is 5. The van der Waals surface area contributed by atoms with Gasteiger partial charge in [0.05, 0.1) is 0 Å². The minimum absolute atomic E-state index is 0.588. The molecule has 13 heteroatoms. The van der Waals surface area contributed by atoms with Crippen LogP contribution in [0.4, 0.5) is 22.7 Å². The number of fused-ring (bicyclic) bond motifs is 5. The van der Waals surface area contributed by atoms with E-state index in [2.05, 4.69) is 82.1 Å². The third kappa shape index (κ3) is 9.87. The van der Waals surface area contributed by atoms with E-state index in [1.807, 2.05) is 206 Å². The van der Waals surface area contributed by atoms with Crippen LogP contribution >= 0.6 is 15.9 Å². The van der Waals surface area contributed by atoms with E-state index in [9.17, 15) is 0 Å². The molecule has 0 aliphatic heterocycles. The molecule has 12 nitrogen and oxygen atoms in total. The van der Waals surface area contributed by atoms with Crippen molar-refractivity contribution >= 4 is 94.2 Å². The number of nitrogen functional groups attached to an aromatic ring is 1. The molecule has 0 fully saturated rings. The smallest absolute Gasteiger partial charge is 0.227 e. The molecule has 2 N–H and O–H groups in total. The van der Waals surface area contributed by atoms with Gasteiger partial charge in [-0.1, -0.05) is 76.6 Å². The van der Waals surface area contributed by atoms with Gasteiger partial charge in [-0.15, -0.1) is 0 Å². The molecule has 0 radical (unpaired) electrons. The maximum absolute atomic E-state index is 6.02. The molecule has 5 heterocycles. The Morgan fingerprint density at radius 3 is 0.731 bits per heavy atom. The Hall–Kier alpha value is -10.4. The largest absolute Gasteiger partial charge is 0.436 e. The van der Waals surface area contributed by atoms with Gasteiger partial charge in [0, 0.05) is 55.0 Å². The van der Waals surface area contributed by atoms with Crippen molar-refractivity contribution in [1.82, 2.24) is 24.9 Å². The van der Waals surface area contributed by atoms with Crippen LogP contribution in [0.1, 0.15) is 0 Å². The van der Waals surface area contributed by atoms with E-state index < -0.39 is 0 Å². The van der Waals surface area contributed by atoms with Crippen molar-refractivity contribution in [3.63, 3.8) is 0 Å². The summed E-state index contributed by atoms with van der Waals surface area (Å²) in [4.78, 5) is 25.0. The maximum Gasteiger partial charge on any atom is 0.227 e. The highest BCUT2D eigenvalue weighted by Crippen LogP contribution is 2.39. The van der Waals surface area contributed by atoms with E-state index in [1.54, 1.807) is 0 Å². The van der Waals surface area contributed by atoms with Gasteiger partial charge in [-0.3, -0.25) is 0 Å². The quantitative estimate of drug-likeness (QED) is 0.144. The van der Waals surface area contributed by atoms with E-state index in [4.69, 9.17) is 27.8 Å². The second-order valence-electron chi connectivity index (χ2n) is 18.0. The van der Waals surface area contributed by atoms with Crippen LogP contribution in [0.3, 0.4) is 0 Å². The summed E-state index contributed by atoms with van der Waals surface area (Å²) in [5, 5.41) is 0. The number of oxazole rings is 5. The van der Waals surface area contributed by atoms with E-state index in [1.165, 1.54) is 0 Å². The third-order valence-electron chi connectivity index (χ3n) is 12.8. The monoisotopic (exact) mass is 1080 g/mol. The van der Waals surface area contributed by atoms with Crippen LogP contribution in [0.5, 0.6) is 0 Å². The van der Waals surface area contributed by atoms with Crippen molar-refractivity contribution in [1.29, 1.82) is 0 Å². The molecule has 0 spiro atoms. The van der Waals surface area contributed by atoms with Gasteiger partial charge in [-0.05, 0) is 182 Å². The number of hydrogen-bond acceptors (Lipinski definition) is 12. The normalized spacial score (nSPS) is 11.2. The summed E-state index contributed by atoms with van der Waals surface area (Å²) in [5.41, 5.74) is 22.1. The van der Waals surface area contributed by atoms with Crippen molar-refractivity contribution in [2.24, 2.45) is 0 Å². The second-order valence-corrected chi connectivity index (χ2v) is 19.0. The molecule has 5 aromatic heterocycles. The lowest BCUT2D eigenvalue weighted by atomic mass is 10.1. The van der Waals surface area contributed by atoms with E-state index in [0.717, 1.165) is 111 Å². The van der Waals surface area contributed by atoms with Gasteiger partial charge >= 0.3 is 0 Å². The predicted octanol–water partition coefficient (Wildman–Crippen LogP) is 17.9. The number of anilines is 4. The van der Waals surface area contributed by atoms with Crippen molar-refractivity contribution in [2.45, 2.75) is 0 Å². The first-order chi connectivity index (χ1) is 38.4. The van der Waals surface area contributed by atoms with Gasteiger partial charge in [0.2, 0.25) is 29.5 Å². The Morgan fingerprint density at radius 2 is 0.487 bits per heavy atom. The minimum atomic E-state index is 0.588. The van der Waals surface area contributed by atoms with Crippen LogP contribution in [-0.4, -0.2) is 24.9 Å². The van der Waals surface area contributed by atoms with Crippen molar-refractivity contribution in [3.05, 3.63) is 247 Å². The van der Waals surface area contributed by atoms with Crippen molar-refractivity contribution in [2.75, 3.05) is 10.6 Å². The molecule has 0 bridgehead atoms. The lowest BCUT2D eigenvalue weighted by Gasteiger charge is -2.26. The van der Waals surface area contributed by atoms with Gasteiger partial charge in [0.1, 0.15) is 27.6 Å². The summed E-state index contributed by atoms with van der Waals surface area (Å²) in [6.45, 7) is 0. The zero-order valence-electron chi connectivity index (χ0n) is 41.3. The number of para-hydroxylation sites is 10. The third-order valence-corrected chi connectivity index (χ3v) is 13.4. The average Bonchev–Trinajstić information content (AvgIpc) is 4.38. The summed E-state index contributed by atoms with van der Waals surface area (Å²) in [6, 6.07) is 78.9. The number of nitrogens with zero attached hydrogens (tertiary/aromatic N) is 6. The van der Waals surface area contributed by atoms with Gasteiger partial charge < -0.3 is 32.7 Å². The first-order valence-corrected chi connectivity index (χ1v) is 25.7. The Bertz CT molecular complexity index is 3970. The van der Waals surface area contributed by atoms with Gasteiger partial charge in [-0.2, -0.15) is 0 Å². The maximum atomic E-state index is 6.02. The first kappa shape index (κ1) is 47.4. The molecule has 0 unspecified atom stereocenters. The summed E-state index contributed by atoms with van der Waals surface area (Å²) >= 11 is 3.40. The molecule has 15 aromatic rings. The molecule has 0 amide bonds. The second kappa shape index (κ2) is 20.7. The molecule has 0 atom stereocenters. The van der Waals surface area contributed by atoms with Gasteiger partial charge in [0.15, 0.2) is 27.9 Å². The number of nitrogens with two attached hydrogens (primary N) is 1. The lowest BCUT2D eigenvalue weighted by Crippen LogP contribution is -2.09. The number of halogens is 1. The topological polar surface area (TPSA) is 159 Å². The van der Waals surface area contributed by atoms with Crippen molar-refractivity contribution in [3.8, 4) is 57.3 Å². The fourth-order valence-corrected chi connectivity index (χ4v) is 9.17. The molecule has 374 valence electrons. The van der Waals surface area contributed by atoms with Gasteiger partial charge in [-0.25, -0.2) is 24.9 Å². The molecule has 0 saturated heterocycles. The zero-order chi connectivity index (χ0) is 52.4. The summed E-state index contributed by atoms with van der Waals surface area (Å²) in [6.07, 6.45) is 0. The van der Waals surface area contributed by atoms with Crippen LogP contribution in [0.25, 0.3) is 113 Å². The zero-order valence-corrected chi connectivity index (χ0v) is 42.9. The minimum Gasteiger partial charge on any atom is -0.436 e. The van der Waals surface area contributed by atoms with Crippen molar-refractivity contribution < 1.29 is 22.1 Å².